The molecule has 47 heavy (non-hydrogen) atoms. The van der Waals surface area contributed by atoms with E-state index in [1.54, 1.807) is 0 Å². The number of hydrogen-bond acceptors (Lipinski definition) is 4. The van der Waals surface area contributed by atoms with Crippen LogP contribution in [-0.4, -0.2) is 15.0 Å². The molecule has 0 saturated heterocycles. The Balaban J connectivity index is 1.26. The van der Waals surface area contributed by atoms with Crippen LogP contribution in [0.2, 0.25) is 0 Å². The van der Waals surface area contributed by atoms with Crippen LogP contribution in [0.1, 0.15) is 18.2 Å². The van der Waals surface area contributed by atoms with Gasteiger partial charge in [0.2, 0.25) is 0 Å². The molecule has 9 rings (SSSR count). The van der Waals surface area contributed by atoms with Crippen LogP contribution < -0.4 is 0 Å². The maximum absolute atomic E-state index is 6.36. The van der Waals surface area contributed by atoms with Gasteiger partial charge in [-0.25, -0.2) is 15.0 Å². The first-order chi connectivity index (χ1) is 23.3. The third-order valence-corrected chi connectivity index (χ3v) is 9.06. The van der Waals surface area contributed by atoms with Gasteiger partial charge in [-0.3, -0.25) is 0 Å². The highest BCUT2D eigenvalue weighted by molar-refractivity contribution is 6.15. The number of aromatic nitrogens is 3. The third kappa shape index (κ3) is 4.82. The maximum atomic E-state index is 6.36. The van der Waals surface area contributed by atoms with Crippen molar-refractivity contribution in [1.82, 2.24) is 15.0 Å². The fourth-order valence-electron chi connectivity index (χ4n) is 6.75. The van der Waals surface area contributed by atoms with Crippen LogP contribution in [0.3, 0.4) is 0 Å². The number of furan rings is 1. The molecule has 2 heterocycles. The number of rotatable bonds is 5. The van der Waals surface area contributed by atoms with Gasteiger partial charge < -0.3 is 4.42 Å². The van der Waals surface area contributed by atoms with Gasteiger partial charge in [0.05, 0.1) is 0 Å². The van der Waals surface area contributed by atoms with E-state index in [1.165, 1.54) is 16.3 Å². The molecule has 0 amide bonds. The van der Waals surface area contributed by atoms with Gasteiger partial charge in [0.1, 0.15) is 17.0 Å². The average Bonchev–Trinajstić information content (AvgIpc) is 3.54. The first-order valence-electron chi connectivity index (χ1n) is 16.0. The lowest BCUT2D eigenvalue weighted by Gasteiger charge is -2.16. The van der Waals surface area contributed by atoms with Crippen molar-refractivity contribution < 1.29 is 4.42 Å². The van der Waals surface area contributed by atoms with E-state index in [1.807, 2.05) is 18.2 Å². The Morgan fingerprint density at radius 1 is 0.511 bits per heavy atom. The van der Waals surface area contributed by atoms with Crippen LogP contribution in [0.5, 0.6) is 0 Å². The van der Waals surface area contributed by atoms with Crippen molar-refractivity contribution in [3.8, 4) is 45.0 Å². The van der Waals surface area contributed by atoms with E-state index in [4.69, 9.17) is 19.4 Å². The summed E-state index contributed by atoms with van der Waals surface area (Å²) >= 11 is 0. The Kier molecular flexibility index (Phi) is 6.57. The predicted octanol–water partition coefficient (Wildman–Crippen LogP) is 11.2. The summed E-state index contributed by atoms with van der Waals surface area (Å²) < 4.78 is 6.36. The van der Waals surface area contributed by atoms with Crippen LogP contribution in [0.25, 0.3) is 77.7 Å². The van der Waals surface area contributed by atoms with Crippen LogP contribution >= 0.6 is 0 Å². The molecule has 2 aromatic heterocycles. The molecule has 1 aliphatic rings. The maximum Gasteiger partial charge on any atom is 0.165 e. The monoisotopic (exact) mass is 603 g/mol. The molecule has 4 nitrogen and oxygen atoms in total. The van der Waals surface area contributed by atoms with Crippen molar-refractivity contribution in [3.05, 3.63) is 164 Å². The highest BCUT2D eigenvalue weighted by Gasteiger charge is 2.23. The summed E-state index contributed by atoms with van der Waals surface area (Å²) in [4.78, 5) is 15.6. The normalized spacial score (nSPS) is 14.3. The minimum absolute atomic E-state index is 0.0518. The molecule has 1 atom stereocenters. The zero-order valence-electron chi connectivity index (χ0n) is 25.5. The lowest BCUT2D eigenvalue weighted by atomic mass is 9.94. The molecule has 0 spiro atoms. The van der Waals surface area contributed by atoms with Crippen molar-refractivity contribution in [2.75, 3.05) is 0 Å². The first kappa shape index (κ1) is 27.2. The van der Waals surface area contributed by atoms with Gasteiger partial charge in [0.15, 0.2) is 11.6 Å². The van der Waals surface area contributed by atoms with Crippen molar-refractivity contribution in [1.29, 1.82) is 0 Å². The molecular weight excluding hydrogens is 574 g/mol. The largest absolute Gasteiger partial charge is 0.456 e. The Bertz CT molecular complexity index is 2490. The standard InChI is InChI=1S/C43H29N3O/c1-3-12-29(13-4-1)35-26-27-38-39(36-19-9-10-21-37(36)47-38)40(35)43-45-41(31-15-5-2-6-16-31)44-42(46-43)32-24-22-30(23-25-32)34-20-11-17-28-14-7-8-18-33(28)34/h1-15,17-27,31H,16H2. The highest BCUT2D eigenvalue weighted by atomic mass is 16.3. The smallest absolute Gasteiger partial charge is 0.165 e. The molecule has 0 N–H and O–H groups in total. The lowest BCUT2D eigenvalue weighted by molar-refractivity contribution is 0.669. The van der Waals surface area contributed by atoms with Crippen LogP contribution in [0.15, 0.2) is 162 Å². The summed E-state index contributed by atoms with van der Waals surface area (Å²) in [6, 6.07) is 46.4. The number of fused-ring (bicyclic) bond motifs is 4. The number of nitrogens with zero attached hydrogens (tertiary/aromatic N) is 3. The van der Waals surface area contributed by atoms with Gasteiger partial charge in [-0.05, 0) is 57.6 Å². The van der Waals surface area contributed by atoms with Crippen molar-refractivity contribution in [2.45, 2.75) is 12.3 Å². The van der Waals surface area contributed by atoms with Gasteiger partial charge in [0.25, 0.3) is 0 Å². The van der Waals surface area contributed by atoms with Crippen LogP contribution in [0.4, 0.5) is 0 Å². The topological polar surface area (TPSA) is 51.8 Å². The quantitative estimate of drug-likeness (QED) is 0.196. The van der Waals surface area contributed by atoms with Crippen LogP contribution in [0, 0.1) is 0 Å². The summed E-state index contributed by atoms with van der Waals surface area (Å²) in [7, 11) is 0. The number of hydrogen-bond donors (Lipinski definition) is 0. The number of benzene rings is 6. The van der Waals surface area contributed by atoms with Gasteiger partial charge in [-0.15, -0.1) is 0 Å². The molecule has 222 valence electrons. The molecule has 0 saturated carbocycles. The minimum atomic E-state index is 0.0518. The van der Waals surface area contributed by atoms with Crippen LogP contribution in [-0.2, 0) is 0 Å². The molecule has 1 unspecified atom stereocenters. The molecule has 0 fully saturated rings. The van der Waals surface area contributed by atoms with E-state index in [9.17, 15) is 0 Å². The van der Waals surface area contributed by atoms with Gasteiger partial charge >= 0.3 is 0 Å². The highest BCUT2D eigenvalue weighted by Crippen LogP contribution is 2.42. The molecule has 0 aliphatic heterocycles. The van der Waals surface area contributed by atoms with E-state index >= 15 is 0 Å². The Morgan fingerprint density at radius 2 is 1.23 bits per heavy atom. The third-order valence-electron chi connectivity index (χ3n) is 9.06. The summed E-state index contributed by atoms with van der Waals surface area (Å²) in [5, 5.41) is 4.51. The van der Waals surface area contributed by atoms with Gasteiger partial charge in [0, 0.05) is 27.8 Å². The predicted molar refractivity (Wildman–Crippen MR) is 192 cm³/mol. The SMILES string of the molecule is C1=CCC(c2nc(-c3ccc(-c4cccc5ccccc45)cc3)nc(-c3c(-c4ccccc4)ccc4oc5ccccc5c34)n2)C=C1. The second-order valence-electron chi connectivity index (χ2n) is 11.9. The molecule has 6 aromatic carbocycles. The van der Waals surface area contributed by atoms with E-state index in [-0.39, 0.29) is 5.92 Å². The summed E-state index contributed by atoms with van der Waals surface area (Å²) in [5.41, 5.74) is 8.05. The zero-order valence-corrected chi connectivity index (χ0v) is 25.5. The molecule has 8 aromatic rings. The van der Waals surface area contributed by atoms with E-state index < -0.39 is 0 Å². The summed E-state index contributed by atoms with van der Waals surface area (Å²) in [5.74, 6) is 2.10. The Hall–Kier alpha value is -6.13. The molecule has 0 bridgehead atoms. The number of para-hydroxylation sites is 1. The van der Waals surface area contributed by atoms with E-state index in [2.05, 4.69) is 140 Å². The average molecular weight is 604 g/mol. The first-order valence-corrected chi connectivity index (χ1v) is 16.0. The lowest BCUT2D eigenvalue weighted by Crippen LogP contribution is -2.08. The Labute approximate surface area is 272 Å². The van der Waals surface area contributed by atoms with E-state index in [0.717, 1.165) is 62.0 Å². The molecule has 1 aliphatic carbocycles. The van der Waals surface area contributed by atoms with Gasteiger partial charge in [-0.2, -0.15) is 0 Å². The Morgan fingerprint density at radius 3 is 2.09 bits per heavy atom. The zero-order chi connectivity index (χ0) is 31.2. The van der Waals surface area contributed by atoms with Crippen molar-refractivity contribution >= 4 is 32.7 Å². The second-order valence-corrected chi connectivity index (χ2v) is 11.9. The fourth-order valence-corrected chi connectivity index (χ4v) is 6.75. The van der Waals surface area contributed by atoms with Crippen molar-refractivity contribution in [3.63, 3.8) is 0 Å². The molecule has 0 radical (unpaired) electrons. The summed E-state index contributed by atoms with van der Waals surface area (Å²) in [6.45, 7) is 0. The summed E-state index contributed by atoms with van der Waals surface area (Å²) in [6.07, 6.45) is 9.35. The molecule has 4 heteroatoms. The van der Waals surface area contributed by atoms with Crippen molar-refractivity contribution in [2.24, 2.45) is 0 Å². The second kappa shape index (κ2) is 11.3. The number of allylic oxidation sites excluding steroid dienone is 4. The fraction of sp³-hybridized carbons (Fsp3) is 0.0465. The van der Waals surface area contributed by atoms with E-state index in [0.29, 0.717) is 11.6 Å². The molecular formula is C43H29N3O. The van der Waals surface area contributed by atoms with Gasteiger partial charge in [-0.1, -0.05) is 140 Å². The minimum Gasteiger partial charge on any atom is -0.456 e.